The molecular weight excluding hydrogens is 642 g/mol. The number of halogens is 1. The molecular formula is C38H44ClN5O5. The van der Waals surface area contributed by atoms with Crippen molar-refractivity contribution in [1.82, 2.24) is 19.6 Å². The Kier molecular flexibility index (Phi) is 12.1. The van der Waals surface area contributed by atoms with Gasteiger partial charge in [0.1, 0.15) is 5.75 Å². The summed E-state index contributed by atoms with van der Waals surface area (Å²) >= 11 is 5.95. The van der Waals surface area contributed by atoms with Crippen LogP contribution in [0.5, 0.6) is 5.75 Å². The number of aryl methyl sites for hydroxylation is 1. The van der Waals surface area contributed by atoms with Crippen LogP contribution < -0.4 is 10.1 Å². The maximum Gasteiger partial charge on any atom is 0.274 e. The van der Waals surface area contributed by atoms with Gasteiger partial charge in [-0.05, 0) is 85.8 Å². The van der Waals surface area contributed by atoms with Crippen molar-refractivity contribution in [3.63, 3.8) is 0 Å². The monoisotopic (exact) mass is 685 g/mol. The second kappa shape index (κ2) is 16.6. The van der Waals surface area contributed by atoms with E-state index in [9.17, 15) is 19.5 Å². The van der Waals surface area contributed by atoms with Gasteiger partial charge >= 0.3 is 0 Å². The molecule has 0 fully saturated rings. The second-order valence-corrected chi connectivity index (χ2v) is 12.8. The summed E-state index contributed by atoms with van der Waals surface area (Å²) in [7, 11) is 0. The third-order valence-corrected chi connectivity index (χ3v) is 8.96. The van der Waals surface area contributed by atoms with E-state index in [2.05, 4.69) is 19.2 Å². The number of hydrogen-bond acceptors (Lipinski definition) is 6. The van der Waals surface area contributed by atoms with E-state index in [1.165, 1.54) is 0 Å². The van der Waals surface area contributed by atoms with Gasteiger partial charge in [0.15, 0.2) is 12.3 Å². The number of amides is 3. The van der Waals surface area contributed by atoms with Gasteiger partial charge in [-0.25, -0.2) is 4.68 Å². The van der Waals surface area contributed by atoms with Gasteiger partial charge in [0.2, 0.25) is 0 Å². The van der Waals surface area contributed by atoms with Gasteiger partial charge in [-0.3, -0.25) is 14.4 Å². The van der Waals surface area contributed by atoms with Gasteiger partial charge in [0, 0.05) is 36.0 Å². The fraction of sp³-hybridized carbons (Fsp3) is 0.368. The zero-order chi connectivity index (χ0) is 34.9. The smallest absolute Gasteiger partial charge is 0.274 e. The van der Waals surface area contributed by atoms with Gasteiger partial charge in [-0.15, -0.1) is 0 Å². The molecule has 1 aromatic heterocycles. The van der Waals surface area contributed by atoms with Crippen LogP contribution >= 0.6 is 11.6 Å². The molecule has 0 spiro atoms. The molecule has 1 atom stereocenters. The molecule has 0 radical (unpaired) electrons. The van der Waals surface area contributed by atoms with E-state index < -0.39 is 11.9 Å². The van der Waals surface area contributed by atoms with Gasteiger partial charge in [0.05, 0.1) is 23.9 Å². The number of carbonyl (C=O) groups is 3. The SMILES string of the molecule is CCCCN(CCCC)C(=O)c1cc(C)n(-c2ccc(NC(=O)COc3ccc(Cl)cc3)cc2C(=O)N2Cc3ccccc3CC2CO)n1. The Labute approximate surface area is 292 Å². The van der Waals surface area contributed by atoms with Crippen molar-refractivity contribution in [1.29, 1.82) is 0 Å². The molecule has 5 rings (SSSR count). The minimum Gasteiger partial charge on any atom is -0.484 e. The first kappa shape index (κ1) is 35.6. The Balaban J connectivity index is 1.48. The van der Waals surface area contributed by atoms with Crippen LogP contribution in [0.4, 0.5) is 5.69 Å². The number of aromatic nitrogens is 2. The van der Waals surface area contributed by atoms with Gasteiger partial charge in [-0.1, -0.05) is 62.6 Å². The number of unbranched alkanes of at least 4 members (excludes halogenated alkanes) is 2. The number of anilines is 1. The van der Waals surface area contributed by atoms with E-state index in [1.54, 1.807) is 58.1 Å². The lowest BCUT2D eigenvalue weighted by Gasteiger charge is -2.36. The zero-order valence-corrected chi connectivity index (χ0v) is 29.1. The third-order valence-electron chi connectivity index (χ3n) is 8.71. The van der Waals surface area contributed by atoms with Gasteiger partial charge in [-0.2, -0.15) is 5.10 Å². The van der Waals surface area contributed by atoms with Crippen molar-refractivity contribution in [3.05, 3.63) is 106 Å². The predicted molar refractivity (Wildman–Crippen MR) is 190 cm³/mol. The molecule has 1 unspecified atom stereocenters. The topological polar surface area (TPSA) is 117 Å². The zero-order valence-electron chi connectivity index (χ0n) is 28.3. The molecule has 1 aliphatic heterocycles. The minimum atomic E-state index is -0.442. The van der Waals surface area contributed by atoms with E-state index in [4.69, 9.17) is 21.4 Å². The average Bonchev–Trinajstić information content (AvgIpc) is 3.51. The summed E-state index contributed by atoms with van der Waals surface area (Å²) in [6.45, 7) is 7.20. The maximum atomic E-state index is 14.5. The maximum absolute atomic E-state index is 14.5. The first-order valence-electron chi connectivity index (χ1n) is 16.9. The Hall–Kier alpha value is -4.67. The van der Waals surface area contributed by atoms with Gasteiger partial charge < -0.3 is 25.0 Å². The van der Waals surface area contributed by atoms with Crippen molar-refractivity contribution in [3.8, 4) is 11.4 Å². The lowest BCUT2D eigenvalue weighted by atomic mass is 9.93. The van der Waals surface area contributed by atoms with Crippen LogP contribution in [0.15, 0.2) is 72.8 Å². The first-order chi connectivity index (χ1) is 23.7. The van der Waals surface area contributed by atoms with E-state index in [0.717, 1.165) is 36.8 Å². The number of hydrogen-bond donors (Lipinski definition) is 2. The summed E-state index contributed by atoms with van der Waals surface area (Å²) in [5, 5.41) is 18.5. The molecule has 2 heterocycles. The van der Waals surface area contributed by atoms with Crippen LogP contribution in [0.2, 0.25) is 5.02 Å². The van der Waals surface area contributed by atoms with Crippen molar-refractivity contribution < 1.29 is 24.2 Å². The number of aliphatic hydroxyl groups is 1. The highest BCUT2D eigenvalue weighted by Crippen LogP contribution is 2.29. The standard InChI is InChI=1S/C38H44ClN5O5/c1-4-6-18-42(19-7-5-2)38(48)34-20-26(3)44(41-34)35-17-14-30(40-36(46)25-49-32-15-12-29(39)13-16-32)22-33(35)37(47)43-23-28-11-9-8-10-27(28)21-31(43)24-45/h8-17,20,22,31,45H,4-7,18-19,21,23-25H2,1-3H3,(H,40,46). The molecule has 3 amide bonds. The van der Waals surface area contributed by atoms with Crippen LogP contribution in [0.3, 0.4) is 0 Å². The highest BCUT2D eigenvalue weighted by atomic mass is 35.5. The summed E-state index contributed by atoms with van der Waals surface area (Å²) in [5.74, 6) is -0.390. The third kappa shape index (κ3) is 8.68. The Bertz CT molecular complexity index is 1760. The van der Waals surface area contributed by atoms with Crippen molar-refractivity contribution >= 4 is 35.0 Å². The molecule has 11 heteroatoms. The molecule has 258 valence electrons. The molecule has 1 aliphatic rings. The molecule has 0 aliphatic carbocycles. The van der Waals surface area contributed by atoms with Crippen LogP contribution in [0.1, 0.15) is 77.2 Å². The van der Waals surface area contributed by atoms with Crippen LogP contribution in [0, 0.1) is 6.92 Å². The predicted octanol–water partition coefficient (Wildman–Crippen LogP) is 6.45. The molecule has 3 aromatic carbocycles. The number of nitrogens with zero attached hydrogens (tertiary/aromatic N) is 4. The quantitative estimate of drug-likeness (QED) is 0.158. The average molecular weight is 686 g/mol. The molecule has 0 saturated heterocycles. The largest absolute Gasteiger partial charge is 0.484 e. The number of rotatable bonds is 14. The van der Waals surface area contributed by atoms with Crippen molar-refractivity contribution in [2.75, 3.05) is 31.6 Å². The fourth-order valence-electron chi connectivity index (χ4n) is 5.99. The number of ether oxygens (including phenoxy) is 1. The normalized spacial score (nSPS) is 13.9. The summed E-state index contributed by atoms with van der Waals surface area (Å²) < 4.78 is 7.22. The molecule has 49 heavy (non-hydrogen) atoms. The highest BCUT2D eigenvalue weighted by Gasteiger charge is 2.32. The Morgan fingerprint density at radius 3 is 2.35 bits per heavy atom. The summed E-state index contributed by atoms with van der Waals surface area (Å²) in [6.07, 6.45) is 4.26. The molecule has 0 bridgehead atoms. The number of benzene rings is 3. The summed E-state index contributed by atoms with van der Waals surface area (Å²) in [4.78, 5) is 44.6. The minimum absolute atomic E-state index is 0.144. The number of carbonyl (C=O) groups excluding carboxylic acids is 3. The molecule has 10 nitrogen and oxygen atoms in total. The van der Waals surface area contributed by atoms with Gasteiger partial charge in [0.25, 0.3) is 17.7 Å². The van der Waals surface area contributed by atoms with Crippen LogP contribution in [-0.2, 0) is 17.8 Å². The van der Waals surface area contributed by atoms with Crippen LogP contribution in [-0.4, -0.2) is 74.8 Å². The summed E-state index contributed by atoms with van der Waals surface area (Å²) in [6, 6.07) is 20.9. The number of aliphatic hydroxyl groups excluding tert-OH is 1. The Morgan fingerprint density at radius 2 is 1.67 bits per heavy atom. The Morgan fingerprint density at radius 1 is 0.980 bits per heavy atom. The molecule has 0 saturated carbocycles. The summed E-state index contributed by atoms with van der Waals surface area (Å²) in [5.41, 5.74) is 4.21. The van der Waals surface area contributed by atoms with Crippen LogP contribution in [0.25, 0.3) is 5.69 Å². The fourth-order valence-corrected chi connectivity index (χ4v) is 6.11. The lowest BCUT2D eigenvalue weighted by Crippen LogP contribution is -2.46. The van der Waals surface area contributed by atoms with E-state index in [-0.39, 0.29) is 30.6 Å². The second-order valence-electron chi connectivity index (χ2n) is 12.3. The van der Waals surface area contributed by atoms with Crippen molar-refractivity contribution in [2.45, 2.75) is 65.5 Å². The van der Waals surface area contributed by atoms with E-state index >= 15 is 0 Å². The molecule has 2 N–H and O–H groups in total. The van der Waals surface area contributed by atoms with E-state index in [1.807, 2.05) is 36.1 Å². The number of fused-ring (bicyclic) bond motifs is 1. The number of nitrogens with one attached hydrogen (secondary N) is 1. The highest BCUT2D eigenvalue weighted by molar-refractivity contribution is 6.30. The van der Waals surface area contributed by atoms with E-state index in [0.29, 0.717) is 59.6 Å². The lowest BCUT2D eigenvalue weighted by molar-refractivity contribution is -0.118. The molecule has 4 aromatic rings. The first-order valence-corrected chi connectivity index (χ1v) is 17.3. The van der Waals surface area contributed by atoms with Crippen molar-refractivity contribution in [2.24, 2.45) is 0 Å².